The second-order valence-corrected chi connectivity index (χ2v) is 11.7. The van der Waals surface area contributed by atoms with Gasteiger partial charge in [-0.05, 0) is 89.5 Å². The van der Waals surface area contributed by atoms with Gasteiger partial charge >= 0.3 is 0 Å². The van der Waals surface area contributed by atoms with Crippen LogP contribution in [0.25, 0.3) is 11.4 Å². The third kappa shape index (κ3) is 7.62. The lowest BCUT2D eigenvalue weighted by Crippen LogP contribution is -2.39. The molecule has 1 atom stereocenters. The number of rotatable bonds is 14. The van der Waals surface area contributed by atoms with Crippen LogP contribution < -0.4 is 10.1 Å². The van der Waals surface area contributed by atoms with Crippen molar-refractivity contribution in [1.29, 1.82) is 0 Å². The van der Waals surface area contributed by atoms with E-state index in [0.717, 1.165) is 44.1 Å². The van der Waals surface area contributed by atoms with Gasteiger partial charge in [0.15, 0.2) is 17.8 Å². The van der Waals surface area contributed by atoms with Crippen molar-refractivity contribution in [3.8, 4) is 17.3 Å². The van der Waals surface area contributed by atoms with Crippen LogP contribution in [-0.2, 0) is 20.8 Å². The fraction of sp³-hybridized carbons (Fsp3) is 0.515. The highest BCUT2D eigenvalue weighted by molar-refractivity contribution is 6.00. The molecule has 2 amide bonds. The number of nitrogens with zero attached hydrogens (tertiary/aromatic N) is 4. The molecule has 11 heteroatoms. The predicted molar refractivity (Wildman–Crippen MR) is 164 cm³/mol. The number of carbonyl (C=O) groups is 2. The molecule has 44 heavy (non-hydrogen) atoms. The summed E-state index contributed by atoms with van der Waals surface area (Å²) in [6.07, 6.45) is 7.32. The van der Waals surface area contributed by atoms with Crippen LogP contribution in [0.3, 0.4) is 0 Å². The zero-order valence-corrected chi connectivity index (χ0v) is 25.8. The summed E-state index contributed by atoms with van der Waals surface area (Å²) in [5, 5.41) is 2.65. The van der Waals surface area contributed by atoms with E-state index in [-0.39, 0.29) is 48.2 Å². The van der Waals surface area contributed by atoms with Gasteiger partial charge in [0.25, 0.3) is 5.91 Å². The van der Waals surface area contributed by atoms with Crippen molar-refractivity contribution in [2.24, 2.45) is 0 Å². The highest BCUT2D eigenvalue weighted by Gasteiger charge is 2.30. The van der Waals surface area contributed by atoms with Crippen LogP contribution in [0.5, 0.6) is 5.88 Å². The Labute approximate surface area is 257 Å². The normalized spacial score (nSPS) is 16.9. The molecule has 1 saturated carbocycles. The van der Waals surface area contributed by atoms with E-state index in [0.29, 0.717) is 55.6 Å². The highest BCUT2D eigenvalue weighted by Crippen LogP contribution is 2.32. The zero-order valence-electron chi connectivity index (χ0n) is 25.8. The second-order valence-electron chi connectivity index (χ2n) is 11.7. The average Bonchev–Trinajstić information content (AvgIpc) is 3.33. The van der Waals surface area contributed by atoms with E-state index >= 15 is 0 Å². The number of aromatic nitrogens is 3. The largest absolute Gasteiger partial charge is 0.474 e. The van der Waals surface area contributed by atoms with Gasteiger partial charge in [0.1, 0.15) is 17.7 Å². The molecule has 10 nitrogen and oxygen atoms in total. The van der Waals surface area contributed by atoms with Crippen molar-refractivity contribution in [2.75, 3.05) is 25.1 Å². The number of anilines is 1. The van der Waals surface area contributed by atoms with Crippen LogP contribution in [0.1, 0.15) is 80.5 Å². The van der Waals surface area contributed by atoms with Gasteiger partial charge in [0, 0.05) is 37.4 Å². The van der Waals surface area contributed by atoms with Crippen LogP contribution >= 0.6 is 0 Å². The third-order valence-corrected chi connectivity index (χ3v) is 8.13. The van der Waals surface area contributed by atoms with E-state index in [9.17, 15) is 14.0 Å². The van der Waals surface area contributed by atoms with Crippen LogP contribution in [0.2, 0.25) is 0 Å². The van der Waals surface area contributed by atoms with Gasteiger partial charge in [-0.15, -0.1) is 0 Å². The first-order valence-electron chi connectivity index (χ1n) is 15.6. The summed E-state index contributed by atoms with van der Waals surface area (Å²) in [5.74, 6) is 0.516. The molecule has 3 aromatic rings. The molecule has 1 aliphatic carbocycles. The number of pyridine rings is 1. The number of ether oxygens (including phenoxy) is 3. The van der Waals surface area contributed by atoms with Gasteiger partial charge in [-0.1, -0.05) is 12.1 Å². The topological polar surface area (TPSA) is 108 Å². The standard InChI is InChI=1S/C33H42FN5O5/c1-22(2)38(17-7-19-43-29-10-4-5-18-42-29)33(41)30-31(35-21-40)37-32(39(30)20-24-11-13-25(34)14-12-24)27-15-16-28(36-23(27)3)44-26-8-6-9-26/h11-16,21-22,26,29H,4-10,17-20H2,1-3H3,(H,35,40). The maximum absolute atomic E-state index is 14.3. The second kappa shape index (κ2) is 14.8. The minimum atomic E-state index is -0.354. The SMILES string of the molecule is Cc1nc(OC2CCC2)ccc1-c1nc(NC=O)c(C(=O)N(CCCOC2CCCCO2)C(C)C)n1Cc1ccc(F)cc1. The highest BCUT2D eigenvalue weighted by atomic mass is 19.1. The summed E-state index contributed by atoms with van der Waals surface area (Å²) < 4.78 is 33.1. The molecule has 1 saturated heterocycles. The van der Waals surface area contributed by atoms with Crippen molar-refractivity contribution in [3.05, 3.63) is 59.2 Å². The first-order chi connectivity index (χ1) is 21.3. The lowest BCUT2D eigenvalue weighted by molar-refractivity contribution is -0.163. The van der Waals surface area contributed by atoms with Gasteiger partial charge in [0.05, 0.1) is 12.3 Å². The number of carbonyl (C=O) groups excluding carboxylic acids is 2. The van der Waals surface area contributed by atoms with Crippen LogP contribution in [0, 0.1) is 12.7 Å². The number of nitrogens with one attached hydrogen (secondary N) is 1. The predicted octanol–water partition coefficient (Wildman–Crippen LogP) is 5.72. The zero-order chi connectivity index (χ0) is 31.1. The molecule has 5 rings (SSSR count). The Balaban J connectivity index is 1.47. The van der Waals surface area contributed by atoms with Crippen molar-refractivity contribution < 1.29 is 28.2 Å². The third-order valence-electron chi connectivity index (χ3n) is 8.13. The molecule has 0 bridgehead atoms. The van der Waals surface area contributed by atoms with E-state index in [1.165, 1.54) is 12.1 Å². The number of hydrogen-bond acceptors (Lipinski definition) is 7. The van der Waals surface area contributed by atoms with Gasteiger partial charge < -0.3 is 29.0 Å². The molecule has 1 aliphatic heterocycles. The average molecular weight is 608 g/mol. The van der Waals surface area contributed by atoms with E-state index in [1.54, 1.807) is 21.6 Å². The molecule has 0 radical (unpaired) electrons. The summed E-state index contributed by atoms with van der Waals surface area (Å²) in [7, 11) is 0. The summed E-state index contributed by atoms with van der Waals surface area (Å²) >= 11 is 0. The first-order valence-corrected chi connectivity index (χ1v) is 15.6. The van der Waals surface area contributed by atoms with Gasteiger partial charge in [-0.2, -0.15) is 0 Å². The van der Waals surface area contributed by atoms with Gasteiger partial charge in [0.2, 0.25) is 12.3 Å². The summed E-state index contributed by atoms with van der Waals surface area (Å²) in [6, 6.07) is 9.66. The Morgan fingerprint density at radius 2 is 1.93 bits per heavy atom. The molecule has 236 valence electrons. The molecule has 1 unspecified atom stereocenters. The Bertz CT molecular complexity index is 1420. The maximum Gasteiger partial charge on any atom is 0.274 e. The van der Waals surface area contributed by atoms with Crippen molar-refractivity contribution in [3.63, 3.8) is 0 Å². The van der Waals surface area contributed by atoms with Crippen molar-refractivity contribution in [2.45, 2.75) is 90.7 Å². The minimum absolute atomic E-state index is 0.138. The molecule has 1 aromatic carbocycles. The maximum atomic E-state index is 14.3. The molecule has 2 aromatic heterocycles. The molecule has 2 fully saturated rings. The van der Waals surface area contributed by atoms with Gasteiger partial charge in [-0.3, -0.25) is 9.59 Å². The Kier molecular flexibility index (Phi) is 10.6. The minimum Gasteiger partial charge on any atom is -0.474 e. The quantitative estimate of drug-likeness (QED) is 0.184. The molecule has 3 heterocycles. The van der Waals surface area contributed by atoms with E-state index in [4.69, 9.17) is 19.2 Å². The number of hydrogen-bond donors (Lipinski definition) is 1. The number of benzene rings is 1. The van der Waals surface area contributed by atoms with E-state index < -0.39 is 0 Å². The Morgan fingerprint density at radius 3 is 2.57 bits per heavy atom. The number of amides is 2. The molecular weight excluding hydrogens is 565 g/mol. The van der Waals surface area contributed by atoms with E-state index in [2.05, 4.69) is 10.3 Å². The van der Waals surface area contributed by atoms with Gasteiger partial charge in [-0.25, -0.2) is 14.4 Å². The lowest BCUT2D eigenvalue weighted by Gasteiger charge is -2.28. The van der Waals surface area contributed by atoms with Crippen molar-refractivity contribution in [1.82, 2.24) is 19.4 Å². The summed E-state index contributed by atoms with van der Waals surface area (Å²) in [6.45, 7) is 7.59. The smallest absolute Gasteiger partial charge is 0.274 e. The Hall–Kier alpha value is -3.83. The Morgan fingerprint density at radius 1 is 1.14 bits per heavy atom. The van der Waals surface area contributed by atoms with Crippen LogP contribution in [0.15, 0.2) is 36.4 Å². The molecule has 2 aliphatic rings. The summed E-state index contributed by atoms with van der Waals surface area (Å²) in [5.41, 5.74) is 2.37. The fourth-order valence-corrected chi connectivity index (χ4v) is 5.48. The molecule has 1 N–H and O–H groups in total. The first kappa shape index (κ1) is 31.6. The number of halogens is 1. The molecule has 0 spiro atoms. The fourth-order valence-electron chi connectivity index (χ4n) is 5.48. The lowest BCUT2D eigenvalue weighted by atomic mass is 9.96. The monoisotopic (exact) mass is 607 g/mol. The number of aryl methyl sites for hydroxylation is 1. The number of imidazole rings is 1. The van der Waals surface area contributed by atoms with Crippen LogP contribution in [0.4, 0.5) is 10.2 Å². The molecular formula is C33H42FN5O5. The van der Waals surface area contributed by atoms with Crippen molar-refractivity contribution >= 4 is 18.1 Å². The summed E-state index contributed by atoms with van der Waals surface area (Å²) in [4.78, 5) is 37.3. The van der Waals surface area contributed by atoms with E-state index in [1.807, 2.05) is 32.9 Å². The van der Waals surface area contributed by atoms with Crippen LogP contribution in [-0.4, -0.2) is 69.9 Å².